The number of hydrogen-bond acceptors (Lipinski definition) is 4. The summed E-state index contributed by atoms with van der Waals surface area (Å²) in [4.78, 5) is 26.6. The molecule has 1 heterocycles. The summed E-state index contributed by atoms with van der Waals surface area (Å²) in [5.41, 5.74) is 6.47. The van der Waals surface area contributed by atoms with Gasteiger partial charge in [0.25, 0.3) is 11.8 Å². The first kappa shape index (κ1) is 23.0. The molecule has 146 valence electrons. The number of primary amides is 1. The van der Waals surface area contributed by atoms with Crippen LogP contribution in [0.2, 0.25) is 0 Å². The number of halogens is 2. The maximum atomic E-state index is 12.6. The average molecular weight is 487 g/mol. The second-order valence-electron chi connectivity index (χ2n) is 5.52. The lowest BCUT2D eigenvalue weighted by Gasteiger charge is -2.14. The largest absolute Gasteiger partial charge is 0.372 e. The molecule has 1 unspecified atom stereocenters. The van der Waals surface area contributed by atoms with Crippen LogP contribution in [-0.2, 0) is 14.0 Å². The summed E-state index contributed by atoms with van der Waals surface area (Å²) in [5, 5.41) is 2.66. The molecule has 1 atom stereocenters. The van der Waals surface area contributed by atoms with E-state index in [0.29, 0.717) is 12.1 Å². The molecule has 0 fully saturated rings. The maximum Gasteiger partial charge on any atom is 0.267 e. The number of carbonyl (C=O) groups excluding carboxylic acids is 2. The topological polar surface area (TPSA) is 94.3 Å². The van der Waals surface area contributed by atoms with Gasteiger partial charge in [-0.2, -0.15) is 0 Å². The number of nitrogens with one attached hydrogen (secondary N) is 1. The molecule has 0 aliphatic heterocycles. The van der Waals surface area contributed by atoms with Gasteiger partial charge in [-0.25, -0.2) is 4.39 Å². The average Bonchev–Trinajstić information content (AvgIpc) is 2.67. The van der Waals surface area contributed by atoms with Crippen molar-refractivity contribution >= 4 is 40.1 Å². The number of rotatable bonds is 7. The van der Waals surface area contributed by atoms with Crippen molar-refractivity contribution in [3.05, 3.63) is 59.7 Å². The fraction of sp³-hybridized carbons (Fsp3) is 0.316. The molecule has 0 spiro atoms. The van der Waals surface area contributed by atoms with Crippen molar-refractivity contribution in [3.63, 3.8) is 0 Å². The molecule has 0 saturated heterocycles. The summed E-state index contributed by atoms with van der Waals surface area (Å²) in [7, 11) is 1.49. The third-order valence-electron chi connectivity index (χ3n) is 3.51. The Hall–Kier alpha value is -2.07. The lowest BCUT2D eigenvalue weighted by molar-refractivity contribution is -0.126. The number of anilines is 1. The SMILES string of the molecule is CCCC(OC)C(=O)Nc1ccnc(C(N)=O)c1.Fc1ccccc1CI. The zero-order valence-corrected chi connectivity index (χ0v) is 17.4. The first-order valence-corrected chi connectivity index (χ1v) is 9.84. The van der Waals surface area contributed by atoms with Crippen LogP contribution in [-0.4, -0.2) is 30.0 Å². The van der Waals surface area contributed by atoms with E-state index in [2.05, 4.69) is 32.9 Å². The van der Waals surface area contributed by atoms with Gasteiger partial charge in [0.15, 0.2) is 0 Å². The first-order valence-electron chi connectivity index (χ1n) is 8.31. The van der Waals surface area contributed by atoms with Gasteiger partial charge in [0.05, 0.1) is 0 Å². The number of alkyl halides is 1. The number of amides is 2. The quantitative estimate of drug-likeness (QED) is 0.460. The molecular weight excluding hydrogens is 464 g/mol. The summed E-state index contributed by atoms with van der Waals surface area (Å²) >= 11 is 2.14. The predicted molar refractivity (Wildman–Crippen MR) is 111 cm³/mol. The van der Waals surface area contributed by atoms with Gasteiger partial charge in [-0.3, -0.25) is 14.6 Å². The summed E-state index contributed by atoms with van der Waals surface area (Å²) in [6, 6.07) is 9.83. The number of ether oxygens (including phenoxy) is 1. The highest BCUT2D eigenvalue weighted by atomic mass is 127. The molecule has 27 heavy (non-hydrogen) atoms. The van der Waals surface area contributed by atoms with Crippen molar-refractivity contribution in [2.45, 2.75) is 30.3 Å². The van der Waals surface area contributed by atoms with E-state index < -0.39 is 12.0 Å². The molecule has 0 radical (unpaired) electrons. The molecule has 2 amide bonds. The fourth-order valence-electron chi connectivity index (χ4n) is 2.09. The zero-order chi connectivity index (χ0) is 20.2. The standard InChI is InChI=1S/C12H17N3O3.C7H6FI/c1-3-4-10(18-2)12(17)15-8-5-6-14-9(7-8)11(13)16;8-7-4-2-1-3-6(7)5-9/h5-7,10H,3-4H2,1-2H3,(H2,13,16)(H,14,15,17);1-4H,5H2. The van der Waals surface area contributed by atoms with Gasteiger partial charge in [0.1, 0.15) is 17.6 Å². The van der Waals surface area contributed by atoms with Gasteiger partial charge in [-0.1, -0.05) is 54.1 Å². The molecule has 2 aromatic rings. The first-order chi connectivity index (χ1) is 12.9. The number of nitrogens with two attached hydrogens (primary N) is 1. The number of carbonyl (C=O) groups is 2. The van der Waals surface area contributed by atoms with Gasteiger partial charge >= 0.3 is 0 Å². The molecule has 1 aromatic heterocycles. The predicted octanol–water partition coefficient (Wildman–Crippen LogP) is 3.69. The van der Waals surface area contributed by atoms with E-state index in [4.69, 9.17) is 10.5 Å². The summed E-state index contributed by atoms with van der Waals surface area (Å²) in [6.07, 6.45) is 2.39. The Kier molecular flexibility index (Phi) is 10.5. The molecule has 0 aliphatic carbocycles. The van der Waals surface area contributed by atoms with Gasteiger partial charge in [0.2, 0.25) is 0 Å². The molecule has 6 nitrogen and oxygen atoms in total. The fourth-order valence-corrected chi connectivity index (χ4v) is 2.71. The highest BCUT2D eigenvalue weighted by molar-refractivity contribution is 14.1. The van der Waals surface area contributed by atoms with Crippen LogP contribution in [0.1, 0.15) is 35.8 Å². The number of hydrogen-bond donors (Lipinski definition) is 2. The van der Waals surface area contributed by atoms with Crippen molar-refractivity contribution in [1.82, 2.24) is 4.98 Å². The highest BCUT2D eigenvalue weighted by Crippen LogP contribution is 2.11. The van der Waals surface area contributed by atoms with Crippen molar-refractivity contribution < 1.29 is 18.7 Å². The minimum absolute atomic E-state index is 0.105. The van der Waals surface area contributed by atoms with E-state index >= 15 is 0 Å². The molecule has 0 bridgehead atoms. The smallest absolute Gasteiger partial charge is 0.267 e. The molecular formula is C19H23FIN3O3. The van der Waals surface area contributed by atoms with E-state index in [0.717, 1.165) is 16.4 Å². The monoisotopic (exact) mass is 487 g/mol. The van der Waals surface area contributed by atoms with Crippen LogP contribution in [0.5, 0.6) is 0 Å². The van der Waals surface area contributed by atoms with E-state index in [1.54, 1.807) is 18.2 Å². The Morgan fingerprint density at radius 1 is 1.33 bits per heavy atom. The molecule has 1 aromatic carbocycles. The van der Waals surface area contributed by atoms with E-state index in [1.165, 1.54) is 25.4 Å². The molecule has 2 rings (SSSR count). The maximum absolute atomic E-state index is 12.6. The summed E-state index contributed by atoms with van der Waals surface area (Å²) < 4.78 is 18.4. The van der Waals surface area contributed by atoms with E-state index in [1.807, 2.05) is 13.0 Å². The van der Waals surface area contributed by atoms with Gasteiger partial charge < -0.3 is 15.8 Å². The van der Waals surface area contributed by atoms with E-state index in [-0.39, 0.29) is 17.4 Å². The number of pyridine rings is 1. The molecule has 0 saturated carbocycles. The van der Waals surface area contributed by atoms with Crippen LogP contribution >= 0.6 is 22.6 Å². The number of methoxy groups -OCH3 is 1. The lowest BCUT2D eigenvalue weighted by Crippen LogP contribution is -2.29. The zero-order valence-electron chi connectivity index (χ0n) is 15.2. The number of aromatic nitrogens is 1. The Morgan fingerprint density at radius 3 is 2.56 bits per heavy atom. The summed E-state index contributed by atoms with van der Waals surface area (Å²) in [5.74, 6) is -0.990. The minimum Gasteiger partial charge on any atom is -0.372 e. The van der Waals surface area contributed by atoms with Crippen molar-refractivity contribution in [2.75, 3.05) is 12.4 Å². The molecule has 8 heteroatoms. The number of benzene rings is 1. The second kappa shape index (κ2) is 12.3. The molecule has 0 aliphatic rings. The van der Waals surface area contributed by atoms with Crippen LogP contribution in [0.25, 0.3) is 0 Å². The van der Waals surface area contributed by atoms with Crippen LogP contribution in [0.4, 0.5) is 10.1 Å². The lowest BCUT2D eigenvalue weighted by atomic mass is 10.2. The summed E-state index contributed by atoms with van der Waals surface area (Å²) in [6.45, 7) is 1.97. The Bertz CT molecular complexity index is 758. The Morgan fingerprint density at radius 2 is 2.04 bits per heavy atom. The third-order valence-corrected chi connectivity index (χ3v) is 4.33. The van der Waals surface area contributed by atoms with E-state index in [9.17, 15) is 14.0 Å². The number of nitrogens with zero attached hydrogens (tertiary/aromatic N) is 1. The van der Waals surface area contributed by atoms with Crippen molar-refractivity contribution in [1.29, 1.82) is 0 Å². The van der Waals surface area contributed by atoms with Crippen molar-refractivity contribution in [2.24, 2.45) is 5.73 Å². The molecule has 3 N–H and O–H groups in total. The second-order valence-corrected chi connectivity index (χ2v) is 6.28. The van der Waals surface area contributed by atoms with Gasteiger partial charge in [0, 0.05) is 23.4 Å². The highest BCUT2D eigenvalue weighted by Gasteiger charge is 2.17. The van der Waals surface area contributed by atoms with Crippen LogP contribution in [0, 0.1) is 5.82 Å². The van der Waals surface area contributed by atoms with Crippen LogP contribution in [0.3, 0.4) is 0 Å². The normalized spacial score (nSPS) is 11.1. The minimum atomic E-state index is -0.636. The Labute approximate surface area is 171 Å². The van der Waals surface area contributed by atoms with Crippen LogP contribution in [0.15, 0.2) is 42.6 Å². The Balaban J connectivity index is 0.000000337. The van der Waals surface area contributed by atoms with Gasteiger partial charge in [-0.15, -0.1) is 0 Å². The van der Waals surface area contributed by atoms with Gasteiger partial charge in [-0.05, 0) is 30.2 Å². The van der Waals surface area contributed by atoms with Crippen molar-refractivity contribution in [3.8, 4) is 0 Å². The third kappa shape index (κ3) is 8.00. The van der Waals surface area contributed by atoms with Crippen LogP contribution < -0.4 is 11.1 Å².